The normalized spacial score (nSPS) is 10.6. The van der Waals surface area contributed by atoms with Crippen molar-refractivity contribution in [1.82, 2.24) is 0 Å². The third-order valence-electron chi connectivity index (χ3n) is 2.87. The Morgan fingerprint density at radius 2 is 1.74 bits per heavy atom. The fraction of sp³-hybridized carbons (Fsp3) is 0.118. The van der Waals surface area contributed by atoms with Gasteiger partial charge >= 0.3 is 0 Å². The van der Waals surface area contributed by atoms with Crippen LogP contribution in [0.2, 0.25) is 0 Å². The molecule has 0 radical (unpaired) electrons. The number of benzene rings is 2. The zero-order chi connectivity index (χ0) is 13.7. The van der Waals surface area contributed by atoms with Gasteiger partial charge in [-0.05, 0) is 37.6 Å². The molecule has 2 aromatic rings. The van der Waals surface area contributed by atoms with Crippen molar-refractivity contribution in [2.45, 2.75) is 13.8 Å². The second kappa shape index (κ2) is 6.01. The molecule has 0 fully saturated rings. The molecule has 2 aromatic carbocycles. The summed E-state index contributed by atoms with van der Waals surface area (Å²) in [4.78, 5) is 12.1. The molecule has 1 amide bonds. The molecule has 2 rings (SSSR count). The quantitative estimate of drug-likeness (QED) is 0.866. The number of anilines is 1. The lowest BCUT2D eigenvalue weighted by Crippen LogP contribution is -2.12. The van der Waals surface area contributed by atoms with E-state index in [0.717, 1.165) is 16.8 Å². The predicted octanol–water partition coefficient (Wildman–Crippen LogP) is 4.28. The molecule has 0 aromatic heterocycles. The second-order valence-electron chi connectivity index (χ2n) is 4.41. The summed E-state index contributed by atoms with van der Waals surface area (Å²) in [5, 5.41) is 2.94. The standard InChI is InChI=1S/C17H17NO/c1-3-6-14-7-4-5-8-16(14)18-17(19)15-11-9-13(2)10-12-15/h3-12H,1-2H3,(H,18,19)/b6-3+. The van der Waals surface area contributed by atoms with Crippen LogP contribution >= 0.6 is 0 Å². The van der Waals surface area contributed by atoms with Gasteiger partial charge in [-0.3, -0.25) is 4.79 Å². The van der Waals surface area contributed by atoms with Crippen molar-refractivity contribution in [2.75, 3.05) is 5.32 Å². The number of nitrogens with one attached hydrogen (secondary N) is 1. The van der Waals surface area contributed by atoms with Crippen LogP contribution in [-0.4, -0.2) is 5.91 Å². The molecule has 0 aliphatic heterocycles. The smallest absolute Gasteiger partial charge is 0.255 e. The van der Waals surface area contributed by atoms with Crippen molar-refractivity contribution in [3.8, 4) is 0 Å². The first-order chi connectivity index (χ1) is 9.20. The zero-order valence-electron chi connectivity index (χ0n) is 11.2. The summed E-state index contributed by atoms with van der Waals surface area (Å²) in [5.74, 6) is -0.0862. The highest BCUT2D eigenvalue weighted by atomic mass is 16.1. The Bertz CT molecular complexity index is 597. The van der Waals surface area contributed by atoms with Crippen LogP contribution in [0.3, 0.4) is 0 Å². The van der Waals surface area contributed by atoms with E-state index >= 15 is 0 Å². The minimum atomic E-state index is -0.0862. The Morgan fingerprint density at radius 1 is 1.05 bits per heavy atom. The summed E-state index contributed by atoms with van der Waals surface area (Å²) in [6.45, 7) is 3.96. The van der Waals surface area contributed by atoms with E-state index in [1.165, 1.54) is 0 Å². The molecule has 0 aliphatic carbocycles. The lowest BCUT2D eigenvalue weighted by Gasteiger charge is -2.08. The van der Waals surface area contributed by atoms with Crippen LogP contribution in [0.15, 0.2) is 54.6 Å². The molecule has 19 heavy (non-hydrogen) atoms. The van der Waals surface area contributed by atoms with Gasteiger partial charge in [0.15, 0.2) is 0 Å². The van der Waals surface area contributed by atoms with E-state index in [1.807, 2.05) is 74.5 Å². The average Bonchev–Trinajstić information content (AvgIpc) is 2.42. The molecule has 0 bridgehead atoms. The van der Waals surface area contributed by atoms with Gasteiger partial charge in [-0.25, -0.2) is 0 Å². The van der Waals surface area contributed by atoms with Gasteiger partial charge in [0.2, 0.25) is 0 Å². The first-order valence-corrected chi connectivity index (χ1v) is 6.30. The molecule has 1 N–H and O–H groups in total. The van der Waals surface area contributed by atoms with Gasteiger partial charge < -0.3 is 5.32 Å². The van der Waals surface area contributed by atoms with Crippen molar-refractivity contribution < 1.29 is 4.79 Å². The van der Waals surface area contributed by atoms with Crippen molar-refractivity contribution >= 4 is 17.7 Å². The van der Waals surface area contributed by atoms with E-state index in [4.69, 9.17) is 0 Å². The highest BCUT2D eigenvalue weighted by molar-refractivity contribution is 6.05. The largest absolute Gasteiger partial charge is 0.321 e. The number of para-hydroxylation sites is 1. The first-order valence-electron chi connectivity index (χ1n) is 6.30. The van der Waals surface area contributed by atoms with E-state index < -0.39 is 0 Å². The Balaban J connectivity index is 2.21. The van der Waals surface area contributed by atoms with Gasteiger partial charge in [-0.1, -0.05) is 48.0 Å². The maximum atomic E-state index is 12.1. The van der Waals surface area contributed by atoms with Crippen LogP contribution in [0.25, 0.3) is 6.08 Å². The molecule has 0 spiro atoms. The number of allylic oxidation sites excluding steroid dienone is 1. The van der Waals surface area contributed by atoms with Crippen LogP contribution < -0.4 is 5.32 Å². The van der Waals surface area contributed by atoms with Crippen molar-refractivity contribution in [3.63, 3.8) is 0 Å². The maximum absolute atomic E-state index is 12.1. The SMILES string of the molecule is C/C=C/c1ccccc1NC(=O)c1ccc(C)cc1. The molecule has 0 aliphatic rings. The first kappa shape index (κ1) is 13.1. The molecule has 0 heterocycles. The van der Waals surface area contributed by atoms with Crippen molar-refractivity contribution in [3.05, 3.63) is 71.3 Å². The lowest BCUT2D eigenvalue weighted by atomic mass is 10.1. The van der Waals surface area contributed by atoms with Crippen molar-refractivity contribution in [1.29, 1.82) is 0 Å². The van der Waals surface area contributed by atoms with Crippen LogP contribution in [0, 0.1) is 6.92 Å². The van der Waals surface area contributed by atoms with Crippen LogP contribution in [0.4, 0.5) is 5.69 Å². The molecular formula is C17H17NO. The summed E-state index contributed by atoms with van der Waals surface area (Å²) < 4.78 is 0. The van der Waals surface area contributed by atoms with E-state index in [1.54, 1.807) is 0 Å². The zero-order valence-corrected chi connectivity index (χ0v) is 11.2. The number of amides is 1. The molecule has 0 saturated carbocycles. The summed E-state index contributed by atoms with van der Waals surface area (Å²) in [7, 11) is 0. The van der Waals surface area contributed by atoms with Crippen LogP contribution in [-0.2, 0) is 0 Å². The van der Waals surface area contributed by atoms with Gasteiger partial charge in [0.1, 0.15) is 0 Å². The Hall–Kier alpha value is -2.35. The van der Waals surface area contributed by atoms with Crippen molar-refractivity contribution in [2.24, 2.45) is 0 Å². The van der Waals surface area contributed by atoms with Gasteiger partial charge in [0.05, 0.1) is 0 Å². The second-order valence-corrected chi connectivity index (χ2v) is 4.41. The predicted molar refractivity (Wildman–Crippen MR) is 80.3 cm³/mol. The number of hydrogen-bond acceptors (Lipinski definition) is 1. The summed E-state index contributed by atoms with van der Waals surface area (Å²) in [6.07, 6.45) is 3.93. The summed E-state index contributed by atoms with van der Waals surface area (Å²) in [6, 6.07) is 15.3. The lowest BCUT2D eigenvalue weighted by molar-refractivity contribution is 0.102. The Labute approximate surface area is 113 Å². The molecular weight excluding hydrogens is 234 g/mol. The van der Waals surface area contributed by atoms with Gasteiger partial charge in [0, 0.05) is 11.3 Å². The molecule has 96 valence electrons. The van der Waals surface area contributed by atoms with E-state index in [2.05, 4.69) is 5.32 Å². The summed E-state index contributed by atoms with van der Waals surface area (Å²) >= 11 is 0. The van der Waals surface area contributed by atoms with Gasteiger partial charge in [-0.2, -0.15) is 0 Å². The topological polar surface area (TPSA) is 29.1 Å². The van der Waals surface area contributed by atoms with Gasteiger partial charge in [-0.15, -0.1) is 0 Å². The third-order valence-corrected chi connectivity index (χ3v) is 2.87. The van der Waals surface area contributed by atoms with Crippen LogP contribution in [0.1, 0.15) is 28.4 Å². The summed E-state index contributed by atoms with van der Waals surface area (Å²) in [5.41, 5.74) is 3.64. The fourth-order valence-electron chi connectivity index (χ4n) is 1.84. The number of aryl methyl sites for hydroxylation is 1. The van der Waals surface area contributed by atoms with Gasteiger partial charge in [0.25, 0.3) is 5.91 Å². The molecule has 0 saturated heterocycles. The van der Waals surface area contributed by atoms with E-state index in [0.29, 0.717) is 5.56 Å². The molecule has 0 unspecified atom stereocenters. The number of carbonyl (C=O) groups excluding carboxylic acids is 1. The number of carbonyl (C=O) groups is 1. The van der Waals surface area contributed by atoms with E-state index in [-0.39, 0.29) is 5.91 Å². The molecule has 0 atom stereocenters. The average molecular weight is 251 g/mol. The fourth-order valence-corrected chi connectivity index (χ4v) is 1.84. The third kappa shape index (κ3) is 3.32. The minimum absolute atomic E-state index is 0.0862. The van der Waals surface area contributed by atoms with Crippen LogP contribution in [0.5, 0.6) is 0 Å². The monoisotopic (exact) mass is 251 g/mol. The highest BCUT2D eigenvalue weighted by Gasteiger charge is 2.07. The maximum Gasteiger partial charge on any atom is 0.255 e. The highest BCUT2D eigenvalue weighted by Crippen LogP contribution is 2.17. The molecule has 2 nitrogen and oxygen atoms in total. The Kier molecular flexibility index (Phi) is 4.14. The molecule has 2 heteroatoms. The Morgan fingerprint density at radius 3 is 2.42 bits per heavy atom. The number of rotatable bonds is 3. The minimum Gasteiger partial charge on any atom is -0.321 e. The van der Waals surface area contributed by atoms with E-state index in [9.17, 15) is 4.79 Å². The number of hydrogen-bond donors (Lipinski definition) is 1.